The summed E-state index contributed by atoms with van der Waals surface area (Å²) in [6, 6.07) is 8.65. The van der Waals surface area contributed by atoms with Gasteiger partial charge in [-0.15, -0.1) is 0 Å². The zero-order chi connectivity index (χ0) is 12.2. The van der Waals surface area contributed by atoms with E-state index in [9.17, 15) is 5.11 Å². The maximum Gasteiger partial charge on any atom is 0.0741 e. The largest absolute Gasteiger partial charge is 0.389 e. The number of nitrogens with one attached hydrogen (secondary N) is 1. The Bertz CT molecular complexity index is 328. The molecule has 0 fully saturated rings. The van der Waals surface area contributed by atoms with Gasteiger partial charge in [0.15, 0.2) is 0 Å². The molecule has 0 saturated heterocycles. The molecule has 0 radical (unpaired) electrons. The van der Waals surface area contributed by atoms with Crippen molar-refractivity contribution in [2.24, 2.45) is 0 Å². The first-order valence-corrected chi connectivity index (χ1v) is 5.91. The molecule has 1 rings (SSSR count). The Hall–Kier alpha value is -0.860. The average Bonchev–Trinajstić information content (AvgIpc) is 2.16. The van der Waals surface area contributed by atoms with Gasteiger partial charge in [0.2, 0.25) is 0 Å². The summed E-state index contributed by atoms with van der Waals surface area (Å²) in [5.74, 6) is 0. The van der Waals surface area contributed by atoms with Crippen LogP contribution < -0.4 is 5.32 Å². The number of benzene rings is 1. The van der Waals surface area contributed by atoms with Crippen molar-refractivity contribution < 1.29 is 5.11 Å². The third kappa shape index (κ3) is 4.33. The molecule has 0 bridgehead atoms. The number of aliphatic hydroxyl groups is 1. The molecule has 0 amide bonds. The topological polar surface area (TPSA) is 32.3 Å². The molecule has 2 nitrogen and oxygen atoms in total. The molecular formula is C14H23NO. The van der Waals surface area contributed by atoms with Crippen LogP contribution in [0.5, 0.6) is 0 Å². The van der Waals surface area contributed by atoms with Crippen LogP contribution in [0.1, 0.15) is 31.9 Å². The van der Waals surface area contributed by atoms with Gasteiger partial charge in [0.1, 0.15) is 0 Å². The molecule has 0 saturated carbocycles. The van der Waals surface area contributed by atoms with Crippen LogP contribution >= 0.6 is 0 Å². The van der Waals surface area contributed by atoms with Crippen LogP contribution in [0.3, 0.4) is 0 Å². The van der Waals surface area contributed by atoms with Crippen molar-refractivity contribution in [3.8, 4) is 0 Å². The van der Waals surface area contributed by atoms with Gasteiger partial charge in [-0.1, -0.05) is 29.8 Å². The van der Waals surface area contributed by atoms with Crippen molar-refractivity contribution in [3.05, 3.63) is 35.4 Å². The zero-order valence-electron chi connectivity index (χ0n) is 10.7. The van der Waals surface area contributed by atoms with Gasteiger partial charge in [0.25, 0.3) is 0 Å². The van der Waals surface area contributed by atoms with Crippen LogP contribution in [-0.4, -0.2) is 23.3 Å². The minimum Gasteiger partial charge on any atom is -0.389 e. The summed E-state index contributed by atoms with van der Waals surface area (Å²) in [6.07, 6.45) is 1.00. The predicted octanol–water partition coefficient (Wildman–Crippen LogP) is 2.29. The summed E-state index contributed by atoms with van der Waals surface area (Å²) < 4.78 is 0. The summed E-state index contributed by atoms with van der Waals surface area (Å²) in [5.41, 5.74) is 1.98. The highest BCUT2D eigenvalue weighted by Gasteiger charge is 2.20. The molecule has 1 aromatic carbocycles. The molecule has 16 heavy (non-hydrogen) atoms. The van der Waals surface area contributed by atoms with E-state index in [-0.39, 0.29) is 6.04 Å². The molecule has 0 spiro atoms. The van der Waals surface area contributed by atoms with E-state index >= 15 is 0 Å². The maximum atomic E-state index is 9.76. The van der Waals surface area contributed by atoms with Crippen molar-refractivity contribution >= 4 is 0 Å². The molecule has 0 aromatic heterocycles. The third-order valence-corrected chi connectivity index (χ3v) is 3.01. The second-order valence-corrected chi connectivity index (χ2v) is 5.07. The highest BCUT2D eigenvalue weighted by Crippen LogP contribution is 2.08. The van der Waals surface area contributed by atoms with Gasteiger partial charge in [0, 0.05) is 6.04 Å². The van der Waals surface area contributed by atoms with Gasteiger partial charge in [0.05, 0.1) is 5.60 Å². The minimum atomic E-state index is -0.660. The quantitative estimate of drug-likeness (QED) is 0.799. The van der Waals surface area contributed by atoms with Crippen molar-refractivity contribution in [2.75, 3.05) is 6.54 Å². The predicted molar refractivity (Wildman–Crippen MR) is 68.6 cm³/mol. The molecule has 2 N–H and O–H groups in total. The van der Waals surface area contributed by atoms with Gasteiger partial charge in [-0.25, -0.2) is 0 Å². The lowest BCUT2D eigenvalue weighted by Crippen LogP contribution is -2.45. The van der Waals surface area contributed by atoms with Gasteiger partial charge < -0.3 is 10.4 Å². The van der Waals surface area contributed by atoms with Crippen molar-refractivity contribution in [3.63, 3.8) is 0 Å². The van der Waals surface area contributed by atoms with Crippen molar-refractivity contribution in [1.82, 2.24) is 5.32 Å². The Morgan fingerprint density at radius 3 is 2.62 bits per heavy atom. The van der Waals surface area contributed by atoms with Crippen LogP contribution in [-0.2, 0) is 6.42 Å². The number of aryl methyl sites for hydroxylation is 1. The van der Waals surface area contributed by atoms with Crippen LogP contribution in [0.15, 0.2) is 24.3 Å². The van der Waals surface area contributed by atoms with E-state index in [4.69, 9.17) is 0 Å². The van der Waals surface area contributed by atoms with E-state index in [1.165, 1.54) is 11.1 Å². The van der Waals surface area contributed by atoms with E-state index in [0.29, 0.717) is 0 Å². The Morgan fingerprint density at radius 1 is 1.38 bits per heavy atom. The highest BCUT2D eigenvalue weighted by atomic mass is 16.3. The fourth-order valence-corrected chi connectivity index (χ4v) is 1.55. The first-order valence-electron chi connectivity index (χ1n) is 5.91. The van der Waals surface area contributed by atoms with Crippen LogP contribution in [0.25, 0.3) is 0 Å². The molecule has 90 valence electrons. The Labute approximate surface area is 98.7 Å². The lowest BCUT2D eigenvalue weighted by atomic mass is 10.0. The standard InChI is InChI=1S/C14H23NO/c1-11-6-5-7-13(10-11)8-9-15-12(2)14(3,4)16/h5-7,10,12,15-16H,8-9H2,1-4H3. The van der Waals surface area contributed by atoms with Gasteiger partial charge in [-0.05, 0) is 46.2 Å². The highest BCUT2D eigenvalue weighted by molar-refractivity contribution is 5.22. The molecule has 0 aliphatic carbocycles. The summed E-state index contributed by atoms with van der Waals surface area (Å²) in [7, 11) is 0. The monoisotopic (exact) mass is 221 g/mol. The molecule has 0 heterocycles. The van der Waals surface area contributed by atoms with Crippen molar-refractivity contribution in [1.29, 1.82) is 0 Å². The lowest BCUT2D eigenvalue weighted by molar-refractivity contribution is 0.0446. The average molecular weight is 221 g/mol. The molecular weight excluding hydrogens is 198 g/mol. The normalized spacial score (nSPS) is 13.8. The molecule has 0 aliphatic heterocycles. The molecule has 2 heteroatoms. The molecule has 1 unspecified atom stereocenters. The lowest BCUT2D eigenvalue weighted by Gasteiger charge is -2.26. The van der Waals surface area contributed by atoms with E-state index in [2.05, 4.69) is 36.5 Å². The Balaban J connectivity index is 2.36. The van der Waals surface area contributed by atoms with Gasteiger partial charge >= 0.3 is 0 Å². The van der Waals surface area contributed by atoms with E-state index in [1.54, 1.807) is 0 Å². The molecule has 0 aliphatic rings. The number of hydrogen-bond donors (Lipinski definition) is 2. The smallest absolute Gasteiger partial charge is 0.0741 e. The molecule has 1 atom stereocenters. The summed E-state index contributed by atoms with van der Waals surface area (Å²) in [4.78, 5) is 0. The maximum absolute atomic E-state index is 9.76. The first-order chi connectivity index (χ1) is 7.39. The fraction of sp³-hybridized carbons (Fsp3) is 0.571. The second-order valence-electron chi connectivity index (χ2n) is 5.07. The third-order valence-electron chi connectivity index (χ3n) is 3.01. The first kappa shape index (κ1) is 13.2. The van der Waals surface area contributed by atoms with E-state index < -0.39 is 5.60 Å². The van der Waals surface area contributed by atoms with Crippen LogP contribution in [0.2, 0.25) is 0 Å². The number of hydrogen-bond acceptors (Lipinski definition) is 2. The van der Waals surface area contributed by atoms with Gasteiger partial charge in [-0.2, -0.15) is 0 Å². The Kier molecular flexibility index (Phi) is 4.51. The second kappa shape index (κ2) is 5.46. The fourth-order valence-electron chi connectivity index (χ4n) is 1.55. The summed E-state index contributed by atoms with van der Waals surface area (Å²) in [5, 5.41) is 13.1. The van der Waals surface area contributed by atoms with Crippen LogP contribution in [0, 0.1) is 6.92 Å². The summed E-state index contributed by atoms with van der Waals surface area (Å²) in [6.45, 7) is 8.68. The summed E-state index contributed by atoms with van der Waals surface area (Å²) >= 11 is 0. The Morgan fingerprint density at radius 2 is 2.06 bits per heavy atom. The number of rotatable bonds is 5. The van der Waals surface area contributed by atoms with E-state index in [0.717, 1.165) is 13.0 Å². The van der Waals surface area contributed by atoms with Crippen LogP contribution in [0.4, 0.5) is 0 Å². The van der Waals surface area contributed by atoms with E-state index in [1.807, 2.05) is 20.8 Å². The zero-order valence-corrected chi connectivity index (χ0v) is 10.7. The van der Waals surface area contributed by atoms with Crippen molar-refractivity contribution in [2.45, 2.75) is 45.8 Å². The van der Waals surface area contributed by atoms with Gasteiger partial charge in [-0.3, -0.25) is 0 Å². The SMILES string of the molecule is Cc1cccc(CCNC(C)C(C)(C)O)c1. The molecule has 1 aromatic rings. The minimum absolute atomic E-state index is 0.109.